The average molecular weight is 877 g/mol. The van der Waals surface area contributed by atoms with Crippen LogP contribution in [0.15, 0.2) is 151 Å². The van der Waals surface area contributed by atoms with Crippen LogP contribution in [0, 0.1) is 0 Å². The van der Waals surface area contributed by atoms with E-state index in [0.717, 1.165) is 77.1 Å². The van der Waals surface area contributed by atoms with Gasteiger partial charge in [-0.05, 0) is 130 Å². The molecule has 10 rings (SSSR count). The van der Waals surface area contributed by atoms with Crippen LogP contribution in [0.1, 0.15) is 79.6 Å². The van der Waals surface area contributed by atoms with Gasteiger partial charge in [-0.2, -0.15) is 0 Å². The highest BCUT2D eigenvalue weighted by atomic mass is 16.3. The maximum absolute atomic E-state index is 14.6. The molecule has 0 aromatic heterocycles. The van der Waals surface area contributed by atoms with Crippen LogP contribution in [0.2, 0.25) is 0 Å². The molecule has 5 N–H and O–H groups in total. The molecule has 334 valence electrons. The molecule has 10 heteroatoms. The third-order valence-electron chi connectivity index (χ3n) is 13.4. The Hall–Kier alpha value is -6.98. The monoisotopic (exact) mass is 876 g/mol. The first kappa shape index (κ1) is 44.2. The number of nitrogens with two attached hydrogens (primary N) is 1. The summed E-state index contributed by atoms with van der Waals surface area (Å²) in [7, 11) is 0. The van der Waals surface area contributed by atoms with Crippen LogP contribution in [0.5, 0.6) is 0 Å². The first-order valence-corrected chi connectivity index (χ1v) is 23.1. The minimum atomic E-state index is -0.355. The van der Waals surface area contributed by atoms with E-state index in [4.69, 9.17) is 5.73 Å². The highest BCUT2D eigenvalue weighted by Gasteiger charge is 2.36. The predicted molar refractivity (Wildman–Crippen MR) is 265 cm³/mol. The SMILES string of the molecule is C1=CNc2ccccc2N=C1.NCc1ccc(-c2ccccc2C(=O)Nc2ccc(C(=O)C3Cc4ccccc4-c4ccc5c(c43)CCCC5CC(=O)N3CCN(CCO)CC3)cc2)cc1. The lowest BCUT2D eigenvalue weighted by Crippen LogP contribution is -2.49. The number of piperazine rings is 1. The molecule has 0 radical (unpaired) electrons. The van der Waals surface area contributed by atoms with Crippen LogP contribution in [-0.2, 0) is 24.2 Å². The summed E-state index contributed by atoms with van der Waals surface area (Å²) in [6, 6.07) is 43.5. The smallest absolute Gasteiger partial charge is 0.256 e. The summed E-state index contributed by atoms with van der Waals surface area (Å²) >= 11 is 0. The quantitative estimate of drug-likeness (QED) is 0.101. The Labute approximate surface area is 386 Å². The molecule has 2 aliphatic heterocycles. The van der Waals surface area contributed by atoms with Crippen molar-refractivity contribution in [2.24, 2.45) is 10.7 Å². The van der Waals surface area contributed by atoms with E-state index >= 15 is 0 Å². The summed E-state index contributed by atoms with van der Waals surface area (Å²) in [5.41, 5.74) is 19.4. The van der Waals surface area contributed by atoms with Crippen molar-refractivity contribution in [3.05, 3.63) is 185 Å². The first-order chi connectivity index (χ1) is 32.4. The number of aliphatic hydroxyl groups is 1. The number of para-hydroxylation sites is 2. The molecule has 2 aliphatic carbocycles. The maximum Gasteiger partial charge on any atom is 0.256 e. The average Bonchev–Trinajstić information content (AvgIpc) is 3.62. The Morgan fingerprint density at radius 3 is 2.32 bits per heavy atom. The molecule has 1 fully saturated rings. The molecule has 0 saturated carbocycles. The van der Waals surface area contributed by atoms with E-state index in [0.29, 0.717) is 55.8 Å². The fraction of sp³-hybridized carbons (Fsp3) is 0.250. The van der Waals surface area contributed by atoms with E-state index in [-0.39, 0.29) is 36.0 Å². The lowest BCUT2D eigenvalue weighted by atomic mass is 9.69. The number of carbonyl (C=O) groups excluding carboxylic acids is 3. The summed E-state index contributed by atoms with van der Waals surface area (Å²) in [5.74, 6) is -0.213. The van der Waals surface area contributed by atoms with Crippen LogP contribution < -0.4 is 16.4 Å². The first-order valence-electron chi connectivity index (χ1n) is 23.1. The molecule has 2 amide bonds. The van der Waals surface area contributed by atoms with E-state index in [2.05, 4.69) is 50.9 Å². The van der Waals surface area contributed by atoms with E-state index in [1.165, 1.54) is 16.7 Å². The molecule has 0 bridgehead atoms. The van der Waals surface area contributed by atoms with Crippen LogP contribution in [0.3, 0.4) is 0 Å². The molecule has 6 aromatic rings. The minimum absolute atomic E-state index is 0.0623. The van der Waals surface area contributed by atoms with Crippen molar-refractivity contribution in [1.82, 2.24) is 9.80 Å². The van der Waals surface area contributed by atoms with Crippen molar-refractivity contribution in [1.29, 1.82) is 0 Å². The minimum Gasteiger partial charge on any atom is -0.395 e. The van der Waals surface area contributed by atoms with Gasteiger partial charge in [0, 0.05) is 74.9 Å². The van der Waals surface area contributed by atoms with Gasteiger partial charge >= 0.3 is 0 Å². The number of carbonyl (C=O) groups is 3. The number of nitrogens with one attached hydrogen (secondary N) is 2. The summed E-state index contributed by atoms with van der Waals surface area (Å²) in [4.78, 5) is 50.2. The van der Waals surface area contributed by atoms with Crippen molar-refractivity contribution in [2.45, 2.75) is 50.5 Å². The second-order valence-corrected chi connectivity index (χ2v) is 17.4. The number of anilines is 2. The number of amides is 2. The number of β-amino-alcohol motifs (C(OH)–C–C–N with tert-alkyl or cyclic N) is 1. The fourth-order valence-electron chi connectivity index (χ4n) is 9.96. The largest absolute Gasteiger partial charge is 0.395 e. The van der Waals surface area contributed by atoms with Crippen LogP contribution in [0.4, 0.5) is 17.1 Å². The van der Waals surface area contributed by atoms with Crippen LogP contribution in [0.25, 0.3) is 22.3 Å². The predicted octanol–water partition coefficient (Wildman–Crippen LogP) is 9.53. The molecule has 10 nitrogen and oxygen atoms in total. The standard InChI is InChI=1S/C47H48N4O4.C9H8N2/c48-30-31-12-14-32(15-13-31)37-8-3-4-10-42(37)47(55)49-36-18-16-33(17-19-36)46(54)43-28-34-6-1-2-9-38(34)41-21-20-39-35(7-5-11-40(39)45(41)43)29-44(53)51-24-22-50(23-25-51)26-27-52;1-2-5-9-8(4-1)10-6-3-7-11-9/h1-4,6,8-10,12-21,35,43,52H,5,7,11,22-30,48H2,(H,49,55);1-7,10H. The van der Waals surface area contributed by atoms with Crippen LogP contribution >= 0.6 is 0 Å². The molecular weight excluding hydrogens is 821 g/mol. The Morgan fingerprint density at radius 1 is 0.788 bits per heavy atom. The van der Waals surface area contributed by atoms with E-state index in [9.17, 15) is 19.5 Å². The summed E-state index contributed by atoms with van der Waals surface area (Å²) < 4.78 is 0. The number of ketones is 1. The summed E-state index contributed by atoms with van der Waals surface area (Å²) in [6.07, 6.45) is 9.42. The molecule has 2 unspecified atom stereocenters. The van der Waals surface area contributed by atoms with Gasteiger partial charge in [-0.25, -0.2) is 0 Å². The van der Waals surface area contributed by atoms with E-state index in [1.807, 2.05) is 120 Å². The lowest BCUT2D eigenvalue weighted by Gasteiger charge is -2.37. The third kappa shape index (κ3) is 9.67. The second kappa shape index (κ2) is 20.5. The highest BCUT2D eigenvalue weighted by molar-refractivity contribution is 6.09. The number of rotatable bonds is 10. The summed E-state index contributed by atoms with van der Waals surface area (Å²) in [6.45, 7) is 4.20. The normalized spacial score (nSPS) is 17.1. The Balaban J connectivity index is 0.000000433. The van der Waals surface area contributed by atoms with Crippen LogP contribution in [-0.4, -0.2) is 78.0 Å². The number of allylic oxidation sites excluding steroid dienone is 1. The number of aliphatic imine (C=N–C) groups is 1. The van der Waals surface area contributed by atoms with Gasteiger partial charge in [-0.15, -0.1) is 0 Å². The molecule has 1 saturated heterocycles. The maximum atomic E-state index is 14.6. The topological polar surface area (TPSA) is 140 Å². The molecule has 2 atom stereocenters. The highest BCUT2D eigenvalue weighted by Crippen LogP contribution is 2.48. The zero-order chi connectivity index (χ0) is 45.4. The summed E-state index contributed by atoms with van der Waals surface area (Å²) in [5, 5.41) is 15.5. The van der Waals surface area contributed by atoms with Crippen molar-refractivity contribution in [3.8, 4) is 22.3 Å². The number of Topliss-reactive ketones (excluding diaryl/α,β-unsaturated/α-hetero) is 1. The van der Waals surface area contributed by atoms with Crippen molar-refractivity contribution in [2.75, 3.05) is 50.0 Å². The number of nitrogens with zero attached hydrogens (tertiary/aromatic N) is 3. The number of hydrogen-bond donors (Lipinski definition) is 4. The van der Waals surface area contributed by atoms with Gasteiger partial charge in [-0.3, -0.25) is 24.3 Å². The van der Waals surface area contributed by atoms with Gasteiger partial charge in [0.25, 0.3) is 5.91 Å². The van der Waals surface area contributed by atoms with Gasteiger partial charge in [0.2, 0.25) is 5.91 Å². The van der Waals surface area contributed by atoms with Gasteiger partial charge in [0.1, 0.15) is 0 Å². The van der Waals surface area contributed by atoms with Crippen molar-refractivity contribution >= 4 is 40.9 Å². The zero-order valence-corrected chi connectivity index (χ0v) is 37.2. The van der Waals surface area contributed by atoms with Gasteiger partial charge in [0.15, 0.2) is 5.78 Å². The second-order valence-electron chi connectivity index (χ2n) is 17.4. The van der Waals surface area contributed by atoms with Crippen molar-refractivity contribution < 1.29 is 19.5 Å². The van der Waals surface area contributed by atoms with Crippen molar-refractivity contribution in [3.63, 3.8) is 0 Å². The van der Waals surface area contributed by atoms with Gasteiger partial charge < -0.3 is 26.4 Å². The molecule has 6 aromatic carbocycles. The van der Waals surface area contributed by atoms with E-state index in [1.54, 1.807) is 6.21 Å². The van der Waals surface area contributed by atoms with Gasteiger partial charge in [0.05, 0.1) is 23.9 Å². The Bertz CT molecular complexity index is 2770. The number of aliphatic hydroxyl groups excluding tert-OH is 1. The molecule has 66 heavy (non-hydrogen) atoms. The number of benzene rings is 6. The molecule has 2 heterocycles. The van der Waals surface area contributed by atoms with Gasteiger partial charge in [-0.1, -0.05) is 91.0 Å². The Kier molecular flexibility index (Phi) is 13.7. The Morgan fingerprint density at radius 2 is 1.53 bits per heavy atom. The molecule has 4 aliphatic rings. The molecule has 0 spiro atoms. The molecular formula is C56H56N6O4. The number of fused-ring (bicyclic) bond motifs is 6. The lowest BCUT2D eigenvalue weighted by molar-refractivity contribution is -0.133. The number of hydrogen-bond acceptors (Lipinski definition) is 8. The third-order valence-corrected chi connectivity index (χ3v) is 13.4. The zero-order valence-electron chi connectivity index (χ0n) is 37.2. The van der Waals surface area contributed by atoms with E-state index < -0.39 is 0 Å². The fourth-order valence-corrected chi connectivity index (χ4v) is 9.96.